The molecule has 0 saturated carbocycles. The molecule has 0 unspecified atom stereocenters. The molecule has 150 valence electrons. The summed E-state index contributed by atoms with van der Waals surface area (Å²) >= 11 is 0. The maximum atomic E-state index is 14.0. The molecule has 4 aromatic rings. The lowest BCUT2D eigenvalue weighted by Crippen LogP contribution is -2.29. The molecule has 0 atom stereocenters. The molecule has 0 aliphatic rings. The topological polar surface area (TPSA) is 93.4 Å². The van der Waals surface area contributed by atoms with Crippen molar-refractivity contribution >= 4 is 22.6 Å². The highest BCUT2D eigenvalue weighted by molar-refractivity contribution is 6.09. The molecule has 0 radical (unpaired) electrons. The summed E-state index contributed by atoms with van der Waals surface area (Å²) in [4.78, 5) is 30.3. The Labute approximate surface area is 170 Å². The second-order valence-corrected chi connectivity index (χ2v) is 6.38. The maximum absolute atomic E-state index is 14.0. The Morgan fingerprint density at radius 2 is 1.90 bits per heavy atom. The Balaban J connectivity index is 1.88. The van der Waals surface area contributed by atoms with Crippen molar-refractivity contribution in [3.05, 3.63) is 88.6 Å². The lowest BCUT2D eigenvalue weighted by molar-refractivity contribution is 0.102. The first-order chi connectivity index (χ1) is 14.5. The molecule has 0 aliphatic heterocycles. The van der Waals surface area contributed by atoms with Crippen LogP contribution >= 0.6 is 0 Å². The second kappa shape index (κ2) is 7.67. The quantitative estimate of drug-likeness (QED) is 0.542. The van der Waals surface area contributed by atoms with Crippen molar-refractivity contribution in [1.82, 2.24) is 9.55 Å². The highest BCUT2D eigenvalue weighted by atomic mass is 19.1. The third-order valence-electron chi connectivity index (χ3n) is 4.56. The van der Waals surface area contributed by atoms with Crippen molar-refractivity contribution in [1.29, 1.82) is 0 Å². The smallest absolute Gasteiger partial charge is 0.273 e. The molecule has 2 aromatic carbocycles. The fourth-order valence-electron chi connectivity index (χ4n) is 3.16. The number of hydrogen-bond donors (Lipinski definition) is 2. The van der Waals surface area contributed by atoms with Gasteiger partial charge in [-0.15, -0.1) is 0 Å². The van der Waals surface area contributed by atoms with Gasteiger partial charge in [0, 0.05) is 18.0 Å². The van der Waals surface area contributed by atoms with Gasteiger partial charge in [0.15, 0.2) is 17.2 Å². The number of benzene rings is 2. The van der Waals surface area contributed by atoms with E-state index >= 15 is 0 Å². The normalized spacial score (nSPS) is 10.7. The number of carbonyl (C=O) groups is 1. The summed E-state index contributed by atoms with van der Waals surface area (Å²) in [6.45, 7) is 0. The molecular formula is C22H16FN3O4. The number of aromatic nitrogens is 2. The lowest BCUT2D eigenvalue weighted by Gasteiger charge is -2.14. The minimum Gasteiger partial charge on any atom is -0.506 e. The zero-order valence-corrected chi connectivity index (χ0v) is 15.8. The fraction of sp³-hybridized carbons (Fsp3) is 0.0455. The van der Waals surface area contributed by atoms with Gasteiger partial charge in [-0.25, -0.2) is 9.37 Å². The van der Waals surface area contributed by atoms with Crippen molar-refractivity contribution < 1.29 is 19.0 Å². The Kier molecular flexibility index (Phi) is 4.89. The number of methoxy groups -OCH3 is 1. The molecule has 2 N–H and O–H groups in total. The van der Waals surface area contributed by atoms with Gasteiger partial charge in [0.25, 0.3) is 11.5 Å². The number of halogens is 1. The molecule has 1 amide bonds. The average molecular weight is 405 g/mol. The van der Waals surface area contributed by atoms with Gasteiger partial charge in [0.2, 0.25) is 0 Å². The van der Waals surface area contributed by atoms with E-state index < -0.39 is 28.6 Å². The number of ether oxygens (including phenoxy) is 1. The predicted octanol–water partition coefficient (Wildman–Crippen LogP) is 3.49. The lowest BCUT2D eigenvalue weighted by atomic mass is 10.1. The summed E-state index contributed by atoms with van der Waals surface area (Å²) in [6, 6.07) is 15.6. The predicted molar refractivity (Wildman–Crippen MR) is 110 cm³/mol. The van der Waals surface area contributed by atoms with Crippen LogP contribution in [0.5, 0.6) is 11.5 Å². The molecule has 0 spiro atoms. The number of hydrogen-bond acceptors (Lipinski definition) is 5. The van der Waals surface area contributed by atoms with Crippen molar-refractivity contribution in [3.8, 4) is 17.2 Å². The maximum Gasteiger partial charge on any atom is 0.273 e. The van der Waals surface area contributed by atoms with Crippen LogP contribution < -0.4 is 15.6 Å². The molecule has 0 bridgehead atoms. The van der Waals surface area contributed by atoms with Gasteiger partial charge in [0.05, 0.1) is 18.2 Å². The SMILES string of the molecule is COc1ccc(NC(=O)c2c(O)c3cccnc3n(-c3ccccc3)c2=O)cc1F. The summed E-state index contributed by atoms with van der Waals surface area (Å²) < 4.78 is 20.1. The van der Waals surface area contributed by atoms with E-state index in [1.807, 2.05) is 0 Å². The zero-order valence-electron chi connectivity index (χ0n) is 15.8. The minimum absolute atomic E-state index is 0.0130. The molecule has 0 fully saturated rings. The van der Waals surface area contributed by atoms with Gasteiger partial charge in [-0.2, -0.15) is 0 Å². The van der Waals surface area contributed by atoms with Crippen LogP contribution in [0.4, 0.5) is 10.1 Å². The third kappa shape index (κ3) is 3.24. The van der Waals surface area contributed by atoms with Gasteiger partial charge in [0.1, 0.15) is 11.3 Å². The Morgan fingerprint density at radius 1 is 1.13 bits per heavy atom. The number of para-hydroxylation sites is 1. The molecule has 0 aliphatic carbocycles. The Bertz CT molecular complexity index is 1320. The number of amides is 1. The number of nitrogens with zero attached hydrogens (tertiary/aromatic N) is 2. The summed E-state index contributed by atoms with van der Waals surface area (Å²) in [5.41, 5.74) is -0.435. The highest BCUT2D eigenvalue weighted by Gasteiger charge is 2.24. The molecule has 7 nitrogen and oxygen atoms in total. The highest BCUT2D eigenvalue weighted by Crippen LogP contribution is 2.28. The summed E-state index contributed by atoms with van der Waals surface area (Å²) in [5.74, 6) is -2.04. The van der Waals surface area contributed by atoms with Crippen molar-refractivity contribution in [2.24, 2.45) is 0 Å². The van der Waals surface area contributed by atoms with Crippen LogP contribution in [-0.4, -0.2) is 27.7 Å². The van der Waals surface area contributed by atoms with Crippen LogP contribution in [0.2, 0.25) is 0 Å². The van der Waals surface area contributed by atoms with Crippen LogP contribution in [0, 0.1) is 5.82 Å². The Morgan fingerprint density at radius 3 is 2.60 bits per heavy atom. The molecular weight excluding hydrogens is 389 g/mol. The number of pyridine rings is 2. The standard InChI is InChI=1S/C22H16FN3O4/c1-30-17-10-9-13(12-16(17)23)25-21(28)18-19(27)15-8-5-11-24-20(15)26(22(18)29)14-6-3-2-4-7-14/h2-12,27H,1H3,(H,25,28). The van der Waals surface area contributed by atoms with E-state index in [-0.39, 0.29) is 22.5 Å². The summed E-state index contributed by atoms with van der Waals surface area (Å²) in [6.07, 6.45) is 1.49. The summed E-state index contributed by atoms with van der Waals surface area (Å²) in [7, 11) is 1.32. The van der Waals surface area contributed by atoms with Gasteiger partial charge in [-0.05, 0) is 36.4 Å². The summed E-state index contributed by atoms with van der Waals surface area (Å²) in [5, 5.41) is 13.4. The van der Waals surface area contributed by atoms with E-state index in [1.165, 1.54) is 30.0 Å². The van der Waals surface area contributed by atoms with Crippen LogP contribution in [0.25, 0.3) is 16.7 Å². The van der Waals surface area contributed by atoms with Gasteiger partial charge >= 0.3 is 0 Å². The van der Waals surface area contributed by atoms with Crippen LogP contribution in [0.3, 0.4) is 0 Å². The van der Waals surface area contributed by atoms with Crippen molar-refractivity contribution in [3.63, 3.8) is 0 Å². The first-order valence-corrected chi connectivity index (χ1v) is 8.94. The molecule has 8 heteroatoms. The third-order valence-corrected chi connectivity index (χ3v) is 4.56. The second-order valence-electron chi connectivity index (χ2n) is 6.38. The van der Waals surface area contributed by atoms with E-state index in [1.54, 1.807) is 42.5 Å². The number of rotatable bonds is 4. The van der Waals surface area contributed by atoms with E-state index in [2.05, 4.69) is 10.3 Å². The molecule has 4 rings (SSSR count). The van der Waals surface area contributed by atoms with Crippen molar-refractivity contribution in [2.45, 2.75) is 0 Å². The first kappa shape index (κ1) is 19.1. The largest absolute Gasteiger partial charge is 0.506 e. The molecule has 0 saturated heterocycles. The number of fused-ring (bicyclic) bond motifs is 1. The molecule has 2 aromatic heterocycles. The average Bonchev–Trinajstić information content (AvgIpc) is 2.75. The first-order valence-electron chi connectivity index (χ1n) is 8.94. The number of nitrogens with one attached hydrogen (secondary N) is 1. The van der Waals surface area contributed by atoms with Crippen LogP contribution in [-0.2, 0) is 0 Å². The monoisotopic (exact) mass is 405 g/mol. The van der Waals surface area contributed by atoms with E-state index in [9.17, 15) is 19.1 Å². The number of aromatic hydroxyl groups is 1. The van der Waals surface area contributed by atoms with Gasteiger partial charge in [-0.3, -0.25) is 14.2 Å². The molecule has 2 heterocycles. The van der Waals surface area contributed by atoms with E-state index in [0.29, 0.717) is 5.69 Å². The zero-order chi connectivity index (χ0) is 21.3. The number of carbonyl (C=O) groups excluding carboxylic acids is 1. The van der Waals surface area contributed by atoms with Crippen LogP contribution in [0.1, 0.15) is 10.4 Å². The van der Waals surface area contributed by atoms with Crippen molar-refractivity contribution in [2.75, 3.05) is 12.4 Å². The van der Waals surface area contributed by atoms with E-state index in [0.717, 1.165) is 6.07 Å². The Hall–Kier alpha value is -4.20. The van der Waals surface area contributed by atoms with Crippen LogP contribution in [0.15, 0.2) is 71.7 Å². The van der Waals surface area contributed by atoms with E-state index in [4.69, 9.17) is 4.74 Å². The number of anilines is 1. The minimum atomic E-state index is -0.877. The molecule has 30 heavy (non-hydrogen) atoms. The van der Waals surface area contributed by atoms with Gasteiger partial charge < -0.3 is 15.2 Å². The van der Waals surface area contributed by atoms with Gasteiger partial charge in [-0.1, -0.05) is 18.2 Å². The fourth-order valence-corrected chi connectivity index (χ4v) is 3.16.